The second kappa shape index (κ2) is 8.38. The molecule has 0 saturated heterocycles. The van der Waals surface area contributed by atoms with E-state index in [0.717, 1.165) is 23.3 Å². The molecule has 0 fully saturated rings. The van der Waals surface area contributed by atoms with Gasteiger partial charge in [0.2, 0.25) is 0 Å². The van der Waals surface area contributed by atoms with Crippen molar-refractivity contribution < 1.29 is 4.74 Å². The molecule has 0 spiro atoms. The second-order valence-corrected chi connectivity index (χ2v) is 5.07. The third-order valence-electron chi connectivity index (χ3n) is 3.12. The van der Waals surface area contributed by atoms with E-state index in [1.54, 1.807) is 0 Å². The first-order valence-electron chi connectivity index (χ1n) is 7.05. The van der Waals surface area contributed by atoms with Crippen LogP contribution in [0.4, 0.5) is 0 Å². The minimum Gasteiger partial charge on any atom is -0.486 e. The first kappa shape index (κ1) is 15.5. The summed E-state index contributed by atoms with van der Waals surface area (Å²) in [6.45, 7) is 0. The summed E-state index contributed by atoms with van der Waals surface area (Å²) in [7, 11) is 1.88. The van der Waals surface area contributed by atoms with Gasteiger partial charge in [-0.2, -0.15) is 0 Å². The van der Waals surface area contributed by atoms with Gasteiger partial charge in [-0.1, -0.05) is 42.5 Å². The normalized spacial score (nSPS) is 12.3. The van der Waals surface area contributed by atoms with Crippen LogP contribution in [0.3, 0.4) is 0 Å². The van der Waals surface area contributed by atoms with Crippen LogP contribution in [0.5, 0.6) is 5.75 Å². The van der Waals surface area contributed by atoms with E-state index >= 15 is 0 Å². The van der Waals surface area contributed by atoms with Crippen molar-refractivity contribution >= 4 is 17.7 Å². The Labute approximate surface area is 131 Å². The Kier molecular flexibility index (Phi) is 6.17. The van der Waals surface area contributed by atoms with Gasteiger partial charge in [0.05, 0.1) is 0 Å². The molecule has 1 N–H and O–H groups in total. The molecule has 110 valence electrons. The fraction of sp³-hybridized carbons (Fsp3) is 0.222. The monoisotopic (exact) mass is 301 g/mol. The molecule has 3 heteroatoms. The number of ether oxygens (including phenoxy) is 1. The van der Waals surface area contributed by atoms with E-state index in [1.807, 2.05) is 61.8 Å². The minimum atomic E-state index is -0.0211. The molecule has 2 rings (SSSR count). The number of alkyl halides is 1. The maximum absolute atomic E-state index is 6.12. The van der Waals surface area contributed by atoms with Crippen LogP contribution in [0.15, 0.2) is 60.8 Å². The summed E-state index contributed by atoms with van der Waals surface area (Å²) in [4.78, 5) is 0. The highest BCUT2D eigenvalue weighted by atomic mass is 35.5. The molecule has 1 atom stereocenters. The Balaban J connectivity index is 2.15. The Hall–Kier alpha value is -1.93. The van der Waals surface area contributed by atoms with Gasteiger partial charge in [-0.05, 0) is 35.5 Å². The van der Waals surface area contributed by atoms with Crippen LogP contribution >= 0.6 is 11.6 Å². The number of rotatable bonds is 7. The van der Waals surface area contributed by atoms with E-state index < -0.39 is 0 Å². The smallest absolute Gasteiger partial charge is 0.125 e. The van der Waals surface area contributed by atoms with Gasteiger partial charge in [-0.25, -0.2) is 0 Å². The lowest BCUT2D eigenvalue weighted by molar-refractivity contribution is 0.202. The number of nitrogens with one attached hydrogen (secondary N) is 1. The maximum atomic E-state index is 6.12. The van der Waals surface area contributed by atoms with Gasteiger partial charge in [-0.15, -0.1) is 11.6 Å². The first-order valence-corrected chi connectivity index (χ1v) is 7.58. The van der Waals surface area contributed by atoms with E-state index in [9.17, 15) is 0 Å². The van der Waals surface area contributed by atoms with Crippen molar-refractivity contribution in [2.24, 2.45) is 0 Å². The molecule has 0 aliphatic carbocycles. The van der Waals surface area contributed by atoms with Crippen LogP contribution in [0.25, 0.3) is 6.08 Å². The largest absolute Gasteiger partial charge is 0.486 e. The highest BCUT2D eigenvalue weighted by molar-refractivity contribution is 6.17. The van der Waals surface area contributed by atoms with Crippen molar-refractivity contribution in [2.45, 2.75) is 12.5 Å². The van der Waals surface area contributed by atoms with Crippen molar-refractivity contribution in [1.29, 1.82) is 0 Å². The van der Waals surface area contributed by atoms with Crippen molar-refractivity contribution in [3.8, 4) is 5.75 Å². The van der Waals surface area contributed by atoms with Gasteiger partial charge in [0.25, 0.3) is 0 Å². The fourth-order valence-electron chi connectivity index (χ4n) is 2.10. The molecule has 0 radical (unpaired) electrons. The van der Waals surface area contributed by atoms with E-state index in [2.05, 4.69) is 17.4 Å². The lowest BCUT2D eigenvalue weighted by Gasteiger charge is -2.19. The fourth-order valence-corrected chi connectivity index (χ4v) is 2.29. The minimum absolute atomic E-state index is 0.0211. The lowest BCUT2D eigenvalue weighted by atomic mass is 10.1. The predicted molar refractivity (Wildman–Crippen MR) is 89.7 cm³/mol. The highest BCUT2D eigenvalue weighted by Crippen LogP contribution is 2.26. The summed E-state index contributed by atoms with van der Waals surface area (Å²) < 4.78 is 6.12. The topological polar surface area (TPSA) is 21.3 Å². The Morgan fingerprint density at radius 1 is 1.14 bits per heavy atom. The maximum Gasteiger partial charge on any atom is 0.125 e. The number of benzene rings is 2. The van der Waals surface area contributed by atoms with Crippen molar-refractivity contribution in [1.82, 2.24) is 5.32 Å². The summed E-state index contributed by atoms with van der Waals surface area (Å²) in [6.07, 6.45) is 4.66. The predicted octanol–water partition coefficient (Wildman–Crippen LogP) is 4.63. The molecule has 0 amide bonds. The summed E-state index contributed by atoms with van der Waals surface area (Å²) in [6, 6.07) is 18.2. The standard InChI is InChI=1S/C18H20ClNO/c1-20-13-11-15-6-5-9-17(14-15)21-18(10-12-19)16-7-3-2-4-8-16/h2-9,11,13-14,18,20H,10,12H2,1H3/b13-11-. The van der Waals surface area contributed by atoms with E-state index in [0.29, 0.717) is 5.88 Å². The Morgan fingerprint density at radius 2 is 1.95 bits per heavy atom. The lowest BCUT2D eigenvalue weighted by Crippen LogP contribution is -2.08. The zero-order chi connectivity index (χ0) is 14.9. The highest BCUT2D eigenvalue weighted by Gasteiger charge is 2.12. The van der Waals surface area contributed by atoms with Crippen LogP contribution in [-0.4, -0.2) is 12.9 Å². The third-order valence-corrected chi connectivity index (χ3v) is 3.34. The zero-order valence-corrected chi connectivity index (χ0v) is 12.9. The SMILES string of the molecule is CN/C=C\c1cccc(OC(CCCl)c2ccccc2)c1. The summed E-state index contributed by atoms with van der Waals surface area (Å²) in [5.41, 5.74) is 2.24. The average Bonchev–Trinajstić information content (AvgIpc) is 2.54. The molecule has 0 aromatic heterocycles. The van der Waals surface area contributed by atoms with Crippen LogP contribution in [0.2, 0.25) is 0 Å². The molecular formula is C18H20ClNO. The molecule has 2 aromatic rings. The van der Waals surface area contributed by atoms with Crippen molar-refractivity contribution in [3.63, 3.8) is 0 Å². The van der Waals surface area contributed by atoms with E-state index in [4.69, 9.17) is 16.3 Å². The molecule has 0 aliphatic rings. The zero-order valence-electron chi connectivity index (χ0n) is 12.1. The van der Waals surface area contributed by atoms with E-state index in [1.165, 1.54) is 0 Å². The molecule has 2 nitrogen and oxygen atoms in total. The van der Waals surface area contributed by atoms with Gasteiger partial charge in [0.15, 0.2) is 0 Å². The summed E-state index contributed by atoms with van der Waals surface area (Å²) in [5, 5.41) is 2.98. The molecular weight excluding hydrogens is 282 g/mol. The molecule has 0 saturated carbocycles. The Bertz CT molecular complexity index is 568. The number of halogens is 1. The molecule has 2 aromatic carbocycles. The van der Waals surface area contributed by atoms with Crippen molar-refractivity contribution in [3.05, 3.63) is 71.9 Å². The molecule has 0 bridgehead atoms. The van der Waals surface area contributed by atoms with Crippen molar-refractivity contribution in [2.75, 3.05) is 12.9 Å². The number of hydrogen-bond acceptors (Lipinski definition) is 2. The quantitative estimate of drug-likeness (QED) is 0.753. The third kappa shape index (κ3) is 4.83. The molecule has 0 heterocycles. The van der Waals surface area contributed by atoms with Crippen LogP contribution in [0, 0.1) is 0 Å². The summed E-state index contributed by atoms with van der Waals surface area (Å²) in [5.74, 6) is 1.42. The van der Waals surface area contributed by atoms with Gasteiger partial charge >= 0.3 is 0 Å². The van der Waals surface area contributed by atoms with Gasteiger partial charge in [-0.3, -0.25) is 0 Å². The molecule has 0 aliphatic heterocycles. The van der Waals surface area contributed by atoms with E-state index in [-0.39, 0.29) is 6.10 Å². The van der Waals surface area contributed by atoms with Gasteiger partial charge < -0.3 is 10.1 Å². The first-order chi connectivity index (χ1) is 10.3. The van der Waals surface area contributed by atoms with Crippen LogP contribution in [0.1, 0.15) is 23.7 Å². The van der Waals surface area contributed by atoms with Crippen LogP contribution in [-0.2, 0) is 0 Å². The number of hydrogen-bond donors (Lipinski definition) is 1. The summed E-state index contributed by atoms with van der Waals surface area (Å²) >= 11 is 5.91. The van der Waals surface area contributed by atoms with Gasteiger partial charge in [0.1, 0.15) is 11.9 Å². The molecule has 1 unspecified atom stereocenters. The Morgan fingerprint density at radius 3 is 2.67 bits per heavy atom. The average molecular weight is 302 g/mol. The second-order valence-electron chi connectivity index (χ2n) is 4.69. The van der Waals surface area contributed by atoms with Gasteiger partial charge in [0, 0.05) is 19.3 Å². The van der Waals surface area contributed by atoms with Crippen LogP contribution < -0.4 is 10.1 Å². The molecule has 21 heavy (non-hydrogen) atoms.